The van der Waals surface area contributed by atoms with Crippen LogP contribution >= 0.6 is 34.5 Å². The van der Waals surface area contributed by atoms with Gasteiger partial charge in [0.1, 0.15) is 0 Å². The largest absolute Gasteiger partial charge is 0.490 e. The molecule has 0 aliphatic carbocycles. The van der Waals surface area contributed by atoms with Gasteiger partial charge in [-0.2, -0.15) is 0 Å². The fourth-order valence-electron chi connectivity index (χ4n) is 2.71. The number of hydrogen-bond donors (Lipinski definition) is 1. The molecule has 0 atom stereocenters. The summed E-state index contributed by atoms with van der Waals surface area (Å²) in [7, 11) is -3.32. The van der Waals surface area contributed by atoms with Gasteiger partial charge in [0, 0.05) is 11.8 Å². The number of unbranched alkanes of at least 4 members (excludes halogenated alkanes) is 2. The molecule has 3 aromatic rings. The molecule has 0 fully saturated rings. The monoisotopic (exact) mass is 486 g/mol. The highest BCUT2D eigenvalue weighted by molar-refractivity contribution is 7.90. The second-order valence-electron chi connectivity index (χ2n) is 6.70. The molecule has 0 unspecified atom stereocenters. The number of hydrogen-bond acceptors (Lipinski definition) is 6. The molecule has 1 heterocycles. The third-order valence-electron chi connectivity index (χ3n) is 4.26. The SMILES string of the molecule is CCCCCOc1c(Cl)cc(C(=O)Nc2nc3ccc(S(C)(=O)=O)cc3s2)cc1Cl. The standard InChI is InChI=1S/C20H20Cl2N2O4S2/c1-3-4-5-8-28-18-14(21)9-12(10-15(18)22)19(25)24-20-23-16-7-6-13(30(2,26)27)11-17(16)29-20/h6-7,9-11H,3-5,8H2,1-2H3,(H,23,24,25). The lowest BCUT2D eigenvalue weighted by molar-refractivity contribution is 0.102. The predicted molar refractivity (Wildman–Crippen MR) is 122 cm³/mol. The van der Waals surface area contributed by atoms with E-state index in [-0.39, 0.29) is 20.5 Å². The van der Waals surface area contributed by atoms with E-state index in [9.17, 15) is 13.2 Å². The third kappa shape index (κ3) is 5.43. The van der Waals surface area contributed by atoms with Crippen LogP contribution in [-0.4, -0.2) is 32.2 Å². The molecular weight excluding hydrogens is 467 g/mol. The number of benzene rings is 2. The number of nitrogens with one attached hydrogen (secondary N) is 1. The van der Waals surface area contributed by atoms with Crippen molar-refractivity contribution in [1.29, 1.82) is 0 Å². The number of carbonyl (C=O) groups excluding carboxylic acids is 1. The molecule has 0 aliphatic rings. The lowest BCUT2D eigenvalue weighted by Crippen LogP contribution is -2.12. The van der Waals surface area contributed by atoms with Gasteiger partial charge in [-0.15, -0.1) is 0 Å². The maximum atomic E-state index is 12.6. The van der Waals surface area contributed by atoms with Crippen LogP contribution < -0.4 is 10.1 Å². The van der Waals surface area contributed by atoms with Crippen molar-refractivity contribution in [3.05, 3.63) is 45.9 Å². The Labute approximate surface area is 189 Å². The minimum atomic E-state index is -3.32. The van der Waals surface area contributed by atoms with Gasteiger partial charge in [0.25, 0.3) is 5.91 Å². The number of thiazole rings is 1. The highest BCUT2D eigenvalue weighted by Gasteiger charge is 2.16. The zero-order valence-electron chi connectivity index (χ0n) is 16.4. The van der Waals surface area contributed by atoms with Crippen molar-refractivity contribution in [1.82, 2.24) is 4.98 Å². The van der Waals surface area contributed by atoms with Gasteiger partial charge in [-0.25, -0.2) is 13.4 Å². The zero-order valence-corrected chi connectivity index (χ0v) is 19.5. The number of fused-ring (bicyclic) bond motifs is 1. The number of halogens is 2. The number of nitrogens with zero attached hydrogens (tertiary/aromatic N) is 1. The minimum Gasteiger partial charge on any atom is -0.490 e. The van der Waals surface area contributed by atoms with Gasteiger partial charge in [-0.05, 0) is 36.8 Å². The van der Waals surface area contributed by atoms with E-state index >= 15 is 0 Å². The van der Waals surface area contributed by atoms with E-state index in [1.54, 1.807) is 6.07 Å². The van der Waals surface area contributed by atoms with Crippen LogP contribution in [0.25, 0.3) is 10.2 Å². The summed E-state index contributed by atoms with van der Waals surface area (Å²) in [5, 5.41) is 3.55. The molecule has 0 saturated carbocycles. The van der Waals surface area contributed by atoms with Gasteiger partial charge in [-0.3, -0.25) is 10.1 Å². The van der Waals surface area contributed by atoms with Crippen LogP contribution in [0.3, 0.4) is 0 Å². The summed E-state index contributed by atoms with van der Waals surface area (Å²) in [4.78, 5) is 17.2. The van der Waals surface area contributed by atoms with Gasteiger partial charge in [0.05, 0.1) is 31.8 Å². The van der Waals surface area contributed by atoms with E-state index < -0.39 is 15.7 Å². The quantitative estimate of drug-likeness (QED) is 0.404. The predicted octanol–water partition coefficient (Wildman–Crippen LogP) is 5.83. The molecule has 1 amide bonds. The second kappa shape index (κ2) is 9.51. The maximum Gasteiger partial charge on any atom is 0.257 e. The van der Waals surface area contributed by atoms with Crippen LogP contribution in [0, 0.1) is 0 Å². The molecule has 0 spiro atoms. The summed E-state index contributed by atoms with van der Waals surface area (Å²) in [6.07, 6.45) is 4.15. The highest BCUT2D eigenvalue weighted by Crippen LogP contribution is 2.35. The molecule has 10 heteroatoms. The Hall–Kier alpha value is -1.87. The van der Waals surface area contributed by atoms with E-state index in [1.807, 2.05) is 0 Å². The van der Waals surface area contributed by atoms with Crippen molar-refractivity contribution < 1.29 is 17.9 Å². The third-order valence-corrected chi connectivity index (χ3v) is 6.87. The Bertz CT molecular complexity index is 1170. The van der Waals surface area contributed by atoms with Crippen molar-refractivity contribution in [2.24, 2.45) is 0 Å². The summed E-state index contributed by atoms with van der Waals surface area (Å²) < 4.78 is 29.7. The van der Waals surface area contributed by atoms with Crippen LogP contribution in [0.1, 0.15) is 36.5 Å². The lowest BCUT2D eigenvalue weighted by atomic mass is 10.2. The summed E-state index contributed by atoms with van der Waals surface area (Å²) >= 11 is 13.7. The molecule has 0 saturated heterocycles. The fourth-order valence-corrected chi connectivity index (χ4v) is 4.93. The molecule has 160 valence electrons. The van der Waals surface area contributed by atoms with E-state index in [1.165, 1.54) is 35.6 Å². The Morgan fingerprint density at radius 3 is 2.50 bits per heavy atom. The Kier molecular flexibility index (Phi) is 7.23. The fraction of sp³-hybridized carbons (Fsp3) is 0.300. The van der Waals surface area contributed by atoms with E-state index in [2.05, 4.69) is 17.2 Å². The molecule has 0 radical (unpaired) electrons. The zero-order chi connectivity index (χ0) is 21.9. The highest BCUT2D eigenvalue weighted by atomic mass is 35.5. The van der Waals surface area contributed by atoms with Crippen molar-refractivity contribution in [3.63, 3.8) is 0 Å². The van der Waals surface area contributed by atoms with Gasteiger partial charge >= 0.3 is 0 Å². The van der Waals surface area contributed by atoms with Crippen molar-refractivity contribution >= 4 is 65.6 Å². The van der Waals surface area contributed by atoms with Crippen LogP contribution in [0.4, 0.5) is 5.13 Å². The van der Waals surface area contributed by atoms with Gasteiger partial charge in [0.15, 0.2) is 20.7 Å². The summed E-state index contributed by atoms with van der Waals surface area (Å²) in [6.45, 7) is 2.60. The molecule has 0 aliphatic heterocycles. The Balaban J connectivity index is 1.77. The maximum absolute atomic E-state index is 12.6. The molecular formula is C20H20Cl2N2O4S2. The Morgan fingerprint density at radius 2 is 1.87 bits per heavy atom. The first kappa shape index (κ1) is 22.8. The summed E-state index contributed by atoms with van der Waals surface area (Å²) in [5.41, 5.74) is 0.858. The number of rotatable bonds is 8. The van der Waals surface area contributed by atoms with Crippen molar-refractivity contribution in [2.75, 3.05) is 18.2 Å². The first-order valence-electron chi connectivity index (χ1n) is 9.23. The topological polar surface area (TPSA) is 85.4 Å². The average Bonchev–Trinajstić information content (AvgIpc) is 3.07. The number of amides is 1. The molecule has 1 N–H and O–H groups in total. The summed E-state index contributed by atoms with van der Waals surface area (Å²) in [5.74, 6) is -0.0713. The molecule has 1 aromatic heterocycles. The number of sulfone groups is 1. The van der Waals surface area contributed by atoms with Crippen molar-refractivity contribution in [2.45, 2.75) is 31.1 Å². The first-order valence-corrected chi connectivity index (χ1v) is 12.7. The molecule has 3 rings (SSSR count). The van der Waals surface area contributed by atoms with Crippen LogP contribution in [0.2, 0.25) is 10.0 Å². The van der Waals surface area contributed by atoms with Gasteiger partial charge in [-0.1, -0.05) is 54.3 Å². The molecule has 30 heavy (non-hydrogen) atoms. The summed E-state index contributed by atoms with van der Waals surface area (Å²) in [6, 6.07) is 7.62. The molecule has 2 aromatic carbocycles. The second-order valence-corrected chi connectivity index (χ2v) is 10.6. The van der Waals surface area contributed by atoms with Gasteiger partial charge < -0.3 is 4.74 Å². The number of aromatic nitrogens is 1. The van der Waals surface area contributed by atoms with E-state index in [0.717, 1.165) is 25.5 Å². The van der Waals surface area contributed by atoms with E-state index in [4.69, 9.17) is 27.9 Å². The van der Waals surface area contributed by atoms with Crippen molar-refractivity contribution in [3.8, 4) is 5.75 Å². The van der Waals surface area contributed by atoms with Crippen LogP contribution in [0.5, 0.6) is 5.75 Å². The first-order chi connectivity index (χ1) is 14.2. The molecule has 6 nitrogen and oxygen atoms in total. The smallest absolute Gasteiger partial charge is 0.257 e. The van der Waals surface area contributed by atoms with Crippen LogP contribution in [0.15, 0.2) is 35.2 Å². The van der Waals surface area contributed by atoms with Gasteiger partial charge in [0.2, 0.25) is 0 Å². The number of ether oxygens (including phenoxy) is 1. The van der Waals surface area contributed by atoms with E-state index in [0.29, 0.717) is 27.7 Å². The Morgan fingerprint density at radius 1 is 1.17 bits per heavy atom. The normalized spacial score (nSPS) is 11.6. The average molecular weight is 487 g/mol. The number of anilines is 1. The van der Waals surface area contributed by atoms with Crippen LogP contribution in [-0.2, 0) is 9.84 Å². The minimum absolute atomic E-state index is 0.199. The number of carbonyl (C=O) groups is 1. The lowest BCUT2D eigenvalue weighted by Gasteiger charge is -2.11. The molecule has 0 bridgehead atoms.